The lowest BCUT2D eigenvalue weighted by molar-refractivity contribution is 0.0328. The number of rotatable bonds is 3. The molecule has 1 aliphatic heterocycles. The van der Waals surface area contributed by atoms with Crippen molar-refractivity contribution in [2.75, 3.05) is 19.1 Å². The lowest BCUT2D eigenvalue weighted by atomic mass is 9.98. The molecule has 1 unspecified atom stereocenters. The number of halogens is 2. The van der Waals surface area contributed by atoms with Crippen LogP contribution in [0.3, 0.4) is 0 Å². The molecule has 2 fully saturated rings. The molecule has 1 aromatic carbocycles. The molecular formula is C22H22F2N4O4. The first kappa shape index (κ1) is 20.5. The third-order valence-electron chi connectivity index (χ3n) is 7.23. The van der Waals surface area contributed by atoms with Gasteiger partial charge >= 0.3 is 0 Å². The predicted molar refractivity (Wildman–Crippen MR) is 110 cm³/mol. The van der Waals surface area contributed by atoms with E-state index in [-0.39, 0.29) is 29.3 Å². The van der Waals surface area contributed by atoms with E-state index in [0.29, 0.717) is 12.0 Å². The summed E-state index contributed by atoms with van der Waals surface area (Å²) in [6.07, 6.45) is 3.97. The summed E-state index contributed by atoms with van der Waals surface area (Å²) in [5, 5.41) is 14.8. The second kappa shape index (κ2) is 6.78. The molecule has 2 aromatic rings. The highest BCUT2D eigenvalue weighted by Crippen LogP contribution is 2.61. The molecule has 2 aliphatic carbocycles. The van der Waals surface area contributed by atoms with Crippen LogP contribution in [0, 0.1) is 23.5 Å². The van der Waals surface area contributed by atoms with Crippen LogP contribution >= 0.6 is 0 Å². The number of nitrogens with zero attached hydrogens (tertiary/aromatic N) is 3. The third-order valence-corrected chi connectivity index (χ3v) is 7.23. The first-order valence-corrected chi connectivity index (χ1v) is 10.4. The fourth-order valence-corrected chi connectivity index (χ4v) is 5.40. The maximum absolute atomic E-state index is 13.9. The smallest absolute Gasteiger partial charge is 0.278 e. The summed E-state index contributed by atoms with van der Waals surface area (Å²) in [6.45, 7) is -0.280. The first-order chi connectivity index (χ1) is 15.2. The first-order valence-electron chi connectivity index (χ1n) is 10.4. The second-order valence-corrected chi connectivity index (χ2v) is 8.74. The quantitative estimate of drug-likeness (QED) is 0.749. The summed E-state index contributed by atoms with van der Waals surface area (Å²) in [6, 6.07) is 2.96. The van der Waals surface area contributed by atoms with Gasteiger partial charge in [-0.3, -0.25) is 24.1 Å². The Balaban J connectivity index is 1.51. The summed E-state index contributed by atoms with van der Waals surface area (Å²) in [5.74, 6) is -2.88. The normalized spacial score (nSPS) is 25.7. The minimum atomic E-state index is -0.991. The van der Waals surface area contributed by atoms with Crippen molar-refractivity contribution in [2.45, 2.75) is 31.5 Å². The van der Waals surface area contributed by atoms with Crippen LogP contribution in [0.1, 0.15) is 45.7 Å². The SMILES string of the molecule is CN1C(=O)c2c(O)c(=O)c(C(=O)NCc3ccc(F)cc3F)cn2N(C)[C@]12CC[C@@H]1CC12. The van der Waals surface area contributed by atoms with Crippen LogP contribution in [-0.4, -0.2) is 46.3 Å². The number of carbonyl (C=O) groups is 2. The Morgan fingerprint density at radius 3 is 2.66 bits per heavy atom. The van der Waals surface area contributed by atoms with Gasteiger partial charge < -0.3 is 15.3 Å². The topological polar surface area (TPSA) is 94.9 Å². The van der Waals surface area contributed by atoms with E-state index < -0.39 is 40.3 Å². The van der Waals surface area contributed by atoms with Crippen LogP contribution in [0.15, 0.2) is 29.2 Å². The summed E-state index contributed by atoms with van der Waals surface area (Å²) >= 11 is 0. The van der Waals surface area contributed by atoms with Gasteiger partial charge in [-0.2, -0.15) is 0 Å². The molecule has 32 heavy (non-hydrogen) atoms. The molecule has 1 aromatic heterocycles. The number of benzene rings is 1. The fraction of sp³-hybridized carbons (Fsp3) is 0.409. The minimum absolute atomic E-state index is 0.0423. The van der Waals surface area contributed by atoms with Gasteiger partial charge in [0.05, 0.1) is 0 Å². The molecule has 168 valence electrons. The van der Waals surface area contributed by atoms with Crippen LogP contribution in [0.4, 0.5) is 8.78 Å². The lowest BCUT2D eigenvalue weighted by Gasteiger charge is -2.52. The van der Waals surface area contributed by atoms with Crippen LogP contribution < -0.4 is 15.8 Å². The highest BCUT2D eigenvalue weighted by Gasteiger charge is 2.65. The van der Waals surface area contributed by atoms with E-state index in [2.05, 4.69) is 5.32 Å². The zero-order valence-electron chi connectivity index (χ0n) is 17.6. The van der Waals surface area contributed by atoms with Crippen molar-refractivity contribution >= 4 is 11.8 Å². The Kier molecular flexibility index (Phi) is 4.34. The van der Waals surface area contributed by atoms with Gasteiger partial charge in [0.1, 0.15) is 22.9 Å². The van der Waals surface area contributed by atoms with E-state index >= 15 is 0 Å². The van der Waals surface area contributed by atoms with Crippen LogP contribution in [-0.2, 0) is 6.54 Å². The Morgan fingerprint density at radius 2 is 2.03 bits per heavy atom. The largest absolute Gasteiger partial charge is 0.502 e. The highest BCUT2D eigenvalue weighted by molar-refractivity contribution is 5.99. The van der Waals surface area contributed by atoms with Crippen LogP contribution in [0.5, 0.6) is 5.75 Å². The van der Waals surface area contributed by atoms with Gasteiger partial charge in [0.2, 0.25) is 5.43 Å². The highest BCUT2D eigenvalue weighted by atomic mass is 19.1. The maximum atomic E-state index is 13.9. The number of nitrogens with one attached hydrogen (secondary N) is 1. The summed E-state index contributed by atoms with van der Waals surface area (Å²) < 4.78 is 28.3. The molecule has 3 aliphatic rings. The number of hydrogen-bond donors (Lipinski definition) is 2. The van der Waals surface area contributed by atoms with Gasteiger partial charge in [0.25, 0.3) is 11.8 Å². The summed E-state index contributed by atoms with van der Waals surface area (Å²) in [7, 11) is 3.44. The van der Waals surface area contributed by atoms with E-state index in [1.54, 1.807) is 19.0 Å². The lowest BCUT2D eigenvalue weighted by Crippen LogP contribution is -2.68. The molecule has 1 spiro atoms. The number of pyridine rings is 1. The molecule has 10 heteroatoms. The zero-order valence-corrected chi connectivity index (χ0v) is 17.6. The van der Waals surface area contributed by atoms with E-state index in [4.69, 9.17) is 0 Å². The number of aromatic hydroxyl groups is 1. The maximum Gasteiger partial charge on any atom is 0.278 e. The van der Waals surface area contributed by atoms with E-state index in [1.807, 2.05) is 5.01 Å². The molecule has 2 N–H and O–H groups in total. The Labute approximate surface area is 182 Å². The van der Waals surface area contributed by atoms with Gasteiger partial charge in [-0.15, -0.1) is 0 Å². The molecule has 8 nitrogen and oxygen atoms in total. The molecular weight excluding hydrogens is 422 g/mol. The molecule has 3 atom stereocenters. The van der Waals surface area contributed by atoms with Crippen molar-refractivity contribution in [3.8, 4) is 5.75 Å². The van der Waals surface area contributed by atoms with E-state index in [9.17, 15) is 28.3 Å². The standard InChI is InChI=1S/C22H22F2N4O4/c1-26-21(32)17-19(30)18(29)14(20(31)25-9-12-3-4-13(23)8-16(12)24)10-28(17)27(2)22(26)6-5-11-7-15(11)22/h3-4,8,10-11,15,30H,5-7,9H2,1-2H3,(H,25,31)/t11-,15?,22+/m1/s1. The van der Waals surface area contributed by atoms with Gasteiger partial charge in [-0.25, -0.2) is 8.78 Å². The van der Waals surface area contributed by atoms with Gasteiger partial charge in [0.15, 0.2) is 11.4 Å². The predicted octanol–water partition coefficient (Wildman–Crippen LogP) is 1.54. The van der Waals surface area contributed by atoms with E-state index in [1.165, 1.54) is 16.9 Å². The number of amides is 2. The van der Waals surface area contributed by atoms with Crippen molar-refractivity contribution < 1.29 is 23.5 Å². The third kappa shape index (κ3) is 2.68. The Hall–Kier alpha value is -3.43. The summed E-state index contributed by atoms with van der Waals surface area (Å²) in [5.41, 5.74) is -2.11. The minimum Gasteiger partial charge on any atom is -0.502 e. The molecule has 2 heterocycles. The molecule has 0 radical (unpaired) electrons. The average molecular weight is 444 g/mol. The zero-order chi connectivity index (χ0) is 22.9. The number of fused-ring (bicyclic) bond motifs is 3. The Morgan fingerprint density at radius 1 is 1.28 bits per heavy atom. The van der Waals surface area contributed by atoms with Crippen molar-refractivity contribution in [1.29, 1.82) is 0 Å². The molecule has 2 amide bonds. The van der Waals surface area contributed by atoms with Gasteiger partial charge in [-0.05, 0) is 31.2 Å². The van der Waals surface area contributed by atoms with Gasteiger partial charge in [-0.1, -0.05) is 6.07 Å². The fourth-order valence-electron chi connectivity index (χ4n) is 5.40. The van der Waals surface area contributed by atoms with Crippen LogP contribution in [0.2, 0.25) is 0 Å². The monoisotopic (exact) mass is 444 g/mol. The number of carbonyl (C=O) groups excluding carboxylic acids is 2. The summed E-state index contributed by atoms with van der Waals surface area (Å²) in [4.78, 5) is 40.2. The average Bonchev–Trinajstić information content (AvgIpc) is 3.45. The Bertz CT molecular complexity index is 1230. The molecule has 5 rings (SSSR count). The molecule has 0 bridgehead atoms. The van der Waals surface area contributed by atoms with Crippen molar-refractivity contribution in [3.63, 3.8) is 0 Å². The number of aromatic nitrogens is 1. The second-order valence-electron chi connectivity index (χ2n) is 8.74. The van der Waals surface area contributed by atoms with Gasteiger partial charge in [0, 0.05) is 44.4 Å². The number of hydrogen-bond acceptors (Lipinski definition) is 5. The molecule has 0 saturated heterocycles. The van der Waals surface area contributed by atoms with Crippen molar-refractivity contribution in [3.05, 3.63) is 63.1 Å². The molecule has 2 saturated carbocycles. The van der Waals surface area contributed by atoms with Crippen LogP contribution in [0.25, 0.3) is 0 Å². The van der Waals surface area contributed by atoms with E-state index in [0.717, 1.165) is 25.3 Å². The van der Waals surface area contributed by atoms with Crippen molar-refractivity contribution in [2.24, 2.45) is 11.8 Å². The van der Waals surface area contributed by atoms with Crippen molar-refractivity contribution in [1.82, 2.24) is 14.9 Å².